The monoisotopic (exact) mass is 279 g/mol. The lowest BCUT2D eigenvalue weighted by Crippen LogP contribution is -2.38. The Hall–Kier alpha value is -1.04. The molecular weight excluding hydrogens is 254 g/mol. The van der Waals surface area contributed by atoms with Gasteiger partial charge in [-0.25, -0.2) is 9.97 Å². The van der Waals surface area contributed by atoms with Crippen molar-refractivity contribution in [1.82, 2.24) is 15.3 Å². The number of hydrogen-bond acceptors (Lipinski definition) is 5. The Bertz CT molecular complexity index is 426. The van der Waals surface area contributed by atoms with Gasteiger partial charge in [0.15, 0.2) is 5.82 Å². The molecule has 5 heteroatoms. The van der Waals surface area contributed by atoms with Gasteiger partial charge in [0.1, 0.15) is 5.60 Å². The summed E-state index contributed by atoms with van der Waals surface area (Å²) in [6.45, 7) is 9.91. The summed E-state index contributed by atoms with van der Waals surface area (Å²) in [5.74, 6) is 0.815. The van der Waals surface area contributed by atoms with Gasteiger partial charge in [-0.2, -0.15) is 0 Å². The van der Waals surface area contributed by atoms with E-state index in [1.807, 2.05) is 19.9 Å². The lowest BCUT2D eigenvalue weighted by atomic mass is 9.92. The Morgan fingerprint density at radius 3 is 2.70 bits per heavy atom. The highest BCUT2D eigenvalue weighted by atomic mass is 16.5. The van der Waals surface area contributed by atoms with E-state index in [4.69, 9.17) is 14.5 Å². The number of rotatable bonds is 6. The van der Waals surface area contributed by atoms with Crippen LogP contribution in [0.2, 0.25) is 0 Å². The third-order valence-electron chi connectivity index (χ3n) is 3.59. The van der Waals surface area contributed by atoms with Crippen LogP contribution in [-0.4, -0.2) is 36.3 Å². The van der Waals surface area contributed by atoms with Crippen LogP contribution in [0.4, 0.5) is 0 Å². The highest BCUT2D eigenvalue weighted by molar-refractivity contribution is 5.15. The minimum Gasteiger partial charge on any atom is -0.381 e. The van der Waals surface area contributed by atoms with Crippen molar-refractivity contribution in [2.75, 3.05) is 26.4 Å². The van der Waals surface area contributed by atoms with Crippen LogP contribution in [-0.2, 0) is 21.6 Å². The lowest BCUT2D eigenvalue weighted by molar-refractivity contribution is -0.118. The Balaban J connectivity index is 2.29. The van der Waals surface area contributed by atoms with Crippen molar-refractivity contribution >= 4 is 0 Å². The number of ether oxygens (including phenoxy) is 2. The summed E-state index contributed by atoms with van der Waals surface area (Å²) in [6, 6.07) is 2.03. The van der Waals surface area contributed by atoms with Gasteiger partial charge < -0.3 is 14.8 Å². The fraction of sp³-hybridized carbons (Fsp3) is 0.733. The first-order chi connectivity index (χ1) is 9.70. The summed E-state index contributed by atoms with van der Waals surface area (Å²) in [5, 5.41) is 3.31. The topological polar surface area (TPSA) is 56.3 Å². The molecule has 0 radical (unpaired) electrons. The molecule has 112 valence electrons. The maximum atomic E-state index is 6.05. The molecule has 1 aromatic heterocycles. The van der Waals surface area contributed by atoms with Gasteiger partial charge in [0.2, 0.25) is 0 Å². The van der Waals surface area contributed by atoms with Crippen LogP contribution in [0, 0.1) is 6.92 Å². The zero-order valence-electron chi connectivity index (χ0n) is 12.7. The third kappa shape index (κ3) is 3.53. The van der Waals surface area contributed by atoms with Gasteiger partial charge in [-0.3, -0.25) is 0 Å². The van der Waals surface area contributed by atoms with E-state index in [1.54, 1.807) is 0 Å². The van der Waals surface area contributed by atoms with Crippen LogP contribution in [0.3, 0.4) is 0 Å². The van der Waals surface area contributed by atoms with Crippen LogP contribution in [0.15, 0.2) is 6.07 Å². The van der Waals surface area contributed by atoms with E-state index in [9.17, 15) is 0 Å². The zero-order valence-corrected chi connectivity index (χ0v) is 12.7. The smallest absolute Gasteiger partial charge is 0.160 e. The molecule has 1 aliphatic rings. The normalized spacial score (nSPS) is 18.1. The van der Waals surface area contributed by atoms with Gasteiger partial charge in [0.25, 0.3) is 0 Å². The lowest BCUT2D eigenvalue weighted by Gasteiger charge is -2.35. The fourth-order valence-electron chi connectivity index (χ4n) is 2.59. The second kappa shape index (κ2) is 7.11. The first-order valence-electron chi connectivity index (χ1n) is 7.47. The van der Waals surface area contributed by atoms with Crippen LogP contribution in [0.25, 0.3) is 0 Å². The summed E-state index contributed by atoms with van der Waals surface area (Å²) >= 11 is 0. The summed E-state index contributed by atoms with van der Waals surface area (Å²) in [4.78, 5) is 9.37. The first kappa shape index (κ1) is 15.4. The van der Waals surface area contributed by atoms with Crippen LogP contribution in [0.5, 0.6) is 0 Å². The molecule has 1 N–H and O–H groups in total. The standard InChI is InChI=1S/C15H25N3O2/c1-4-16-11-13-10-12(3)17-14(18-13)15(20-5-2)6-8-19-9-7-15/h10,16H,4-9,11H2,1-3H3. The van der Waals surface area contributed by atoms with Crippen molar-refractivity contribution in [2.24, 2.45) is 0 Å². The molecule has 0 atom stereocenters. The minimum absolute atomic E-state index is 0.375. The number of hydrogen-bond donors (Lipinski definition) is 1. The largest absolute Gasteiger partial charge is 0.381 e. The highest BCUT2D eigenvalue weighted by Crippen LogP contribution is 2.34. The number of nitrogens with zero attached hydrogens (tertiary/aromatic N) is 2. The van der Waals surface area contributed by atoms with Crippen LogP contribution in [0.1, 0.15) is 43.9 Å². The maximum absolute atomic E-state index is 6.05. The van der Waals surface area contributed by atoms with Gasteiger partial charge in [-0.1, -0.05) is 6.92 Å². The molecule has 0 spiro atoms. The second-order valence-electron chi connectivity index (χ2n) is 5.14. The number of aryl methyl sites for hydroxylation is 1. The van der Waals surface area contributed by atoms with Gasteiger partial charge in [-0.15, -0.1) is 0 Å². The Labute approximate surface area is 121 Å². The van der Waals surface area contributed by atoms with Crippen LogP contribution >= 0.6 is 0 Å². The van der Waals surface area contributed by atoms with Crippen molar-refractivity contribution < 1.29 is 9.47 Å². The minimum atomic E-state index is -0.375. The molecule has 5 nitrogen and oxygen atoms in total. The molecular formula is C15H25N3O2. The van der Waals surface area contributed by atoms with Crippen molar-refractivity contribution in [3.05, 3.63) is 23.3 Å². The number of nitrogens with one attached hydrogen (secondary N) is 1. The molecule has 0 aliphatic carbocycles. The zero-order chi connectivity index (χ0) is 14.4. The molecule has 1 aromatic rings. The molecule has 20 heavy (non-hydrogen) atoms. The predicted molar refractivity (Wildman–Crippen MR) is 77.5 cm³/mol. The molecule has 0 amide bonds. The van der Waals surface area contributed by atoms with Gasteiger partial charge in [0.05, 0.1) is 5.69 Å². The first-order valence-corrected chi connectivity index (χ1v) is 7.47. The van der Waals surface area contributed by atoms with E-state index in [-0.39, 0.29) is 5.60 Å². The summed E-state index contributed by atoms with van der Waals surface area (Å²) in [7, 11) is 0. The molecule has 1 saturated heterocycles. The Morgan fingerprint density at radius 1 is 1.30 bits per heavy atom. The van der Waals surface area contributed by atoms with Crippen molar-refractivity contribution in [3.8, 4) is 0 Å². The van der Waals surface area contributed by atoms with Gasteiger partial charge in [-0.05, 0) is 26.5 Å². The molecule has 0 aromatic carbocycles. The third-order valence-corrected chi connectivity index (χ3v) is 3.59. The van der Waals surface area contributed by atoms with E-state index >= 15 is 0 Å². The SMILES string of the molecule is CCNCc1cc(C)nc(C2(OCC)CCOCC2)n1. The van der Waals surface area contributed by atoms with Crippen LogP contribution < -0.4 is 5.32 Å². The predicted octanol–water partition coefficient (Wildman–Crippen LogP) is 1.94. The Morgan fingerprint density at radius 2 is 2.05 bits per heavy atom. The second-order valence-corrected chi connectivity index (χ2v) is 5.14. The average Bonchev–Trinajstić information content (AvgIpc) is 2.46. The summed E-state index contributed by atoms with van der Waals surface area (Å²) < 4.78 is 11.5. The Kier molecular flexibility index (Phi) is 5.46. The molecule has 2 heterocycles. The van der Waals surface area contributed by atoms with Crippen molar-refractivity contribution in [2.45, 2.75) is 45.8 Å². The van der Waals surface area contributed by atoms with E-state index in [2.05, 4.69) is 17.2 Å². The quantitative estimate of drug-likeness (QED) is 0.862. The number of aromatic nitrogens is 2. The van der Waals surface area contributed by atoms with Gasteiger partial charge >= 0.3 is 0 Å². The summed E-state index contributed by atoms with van der Waals surface area (Å²) in [5.41, 5.74) is 1.65. The molecule has 0 bridgehead atoms. The highest BCUT2D eigenvalue weighted by Gasteiger charge is 2.38. The average molecular weight is 279 g/mol. The maximum Gasteiger partial charge on any atom is 0.160 e. The van der Waals surface area contributed by atoms with E-state index in [0.717, 1.165) is 43.1 Å². The fourth-order valence-corrected chi connectivity index (χ4v) is 2.59. The molecule has 0 saturated carbocycles. The molecule has 1 fully saturated rings. The van der Waals surface area contributed by atoms with E-state index < -0.39 is 0 Å². The van der Waals surface area contributed by atoms with E-state index in [1.165, 1.54) is 0 Å². The van der Waals surface area contributed by atoms with Crippen molar-refractivity contribution in [1.29, 1.82) is 0 Å². The molecule has 1 aliphatic heterocycles. The summed E-state index contributed by atoms with van der Waals surface area (Å²) in [6.07, 6.45) is 1.65. The van der Waals surface area contributed by atoms with Gasteiger partial charge in [0, 0.05) is 44.9 Å². The van der Waals surface area contributed by atoms with E-state index in [0.29, 0.717) is 19.8 Å². The molecule has 2 rings (SSSR count). The van der Waals surface area contributed by atoms with Crippen molar-refractivity contribution in [3.63, 3.8) is 0 Å². The molecule has 0 unspecified atom stereocenters.